The molecule has 0 atom stereocenters. The number of carbonyl (C=O) groups is 2. The molecule has 0 N–H and O–H groups in total. The van der Waals surface area contributed by atoms with Crippen LogP contribution in [0, 0.1) is 0 Å². The Labute approximate surface area is 194 Å². The Balaban J connectivity index is 1.59. The summed E-state index contributed by atoms with van der Waals surface area (Å²) in [5.74, 6) is 0.834. The lowest BCUT2D eigenvalue weighted by Gasteiger charge is -2.23. The van der Waals surface area contributed by atoms with E-state index in [9.17, 15) is 9.59 Å². The average Bonchev–Trinajstić information content (AvgIpc) is 3.01. The third-order valence-electron chi connectivity index (χ3n) is 5.96. The quantitative estimate of drug-likeness (QED) is 0.419. The smallest absolute Gasteiger partial charge is 0.306 e. The Bertz CT molecular complexity index is 1050. The summed E-state index contributed by atoms with van der Waals surface area (Å²) in [7, 11) is 6.55. The molecule has 0 spiro atoms. The van der Waals surface area contributed by atoms with Gasteiger partial charge in [0.2, 0.25) is 5.75 Å². The number of methoxy groups -OCH3 is 3. The van der Waals surface area contributed by atoms with Crippen molar-refractivity contribution >= 4 is 17.4 Å². The zero-order valence-corrected chi connectivity index (χ0v) is 20.1. The molecule has 0 aliphatic carbocycles. The van der Waals surface area contributed by atoms with Crippen LogP contribution in [-0.4, -0.2) is 46.7 Å². The summed E-state index contributed by atoms with van der Waals surface area (Å²) in [6.07, 6.45) is 2.11. The van der Waals surface area contributed by atoms with E-state index in [1.807, 2.05) is 30.1 Å². The van der Waals surface area contributed by atoms with Crippen molar-refractivity contribution in [1.29, 1.82) is 0 Å². The van der Waals surface area contributed by atoms with Gasteiger partial charge in [0.05, 0.1) is 21.3 Å². The van der Waals surface area contributed by atoms with Crippen LogP contribution < -0.4 is 19.1 Å². The van der Waals surface area contributed by atoms with E-state index < -0.39 is 5.97 Å². The maximum absolute atomic E-state index is 12.6. The lowest BCUT2D eigenvalue weighted by Crippen LogP contribution is -2.25. The monoisotopic (exact) mass is 453 g/mol. The maximum atomic E-state index is 12.6. The molecule has 7 nitrogen and oxygen atoms in total. The number of anilines is 1. The first kappa shape index (κ1) is 24.2. The van der Waals surface area contributed by atoms with Gasteiger partial charge in [-0.25, -0.2) is 0 Å². The Morgan fingerprint density at radius 3 is 2.21 bits per heavy atom. The Hall–Kier alpha value is -3.48. The van der Waals surface area contributed by atoms with Crippen molar-refractivity contribution in [3.05, 3.63) is 59.3 Å². The van der Waals surface area contributed by atoms with Gasteiger partial charge in [-0.05, 0) is 35.7 Å². The predicted octanol–water partition coefficient (Wildman–Crippen LogP) is 4.07. The third-order valence-corrected chi connectivity index (χ3v) is 5.96. The summed E-state index contributed by atoms with van der Waals surface area (Å²) in [5.41, 5.74) is 3.64. The normalized spacial score (nSPS) is 15.2. The molecule has 176 valence electrons. The van der Waals surface area contributed by atoms with Gasteiger partial charge >= 0.3 is 5.97 Å². The second-order valence-electron chi connectivity index (χ2n) is 8.39. The predicted molar refractivity (Wildman–Crippen MR) is 126 cm³/mol. The van der Waals surface area contributed by atoms with E-state index in [-0.39, 0.29) is 24.2 Å². The SMILES string of the molecule is COc1cc(CCC(=O)OCC(=O)C=C2N(C)c3ccccc3C2(C)C)cc(OC)c1OC. The van der Waals surface area contributed by atoms with Gasteiger partial charge in [0, 0.05) is 36.3 Å². The number of hydrogen-bond donors (Lipinski definition) is 0. The van der Waals surface area contributed by atoms with Crippen molar-refractivity contribution in [2.75, 3.05) is 39.9 Å². The zero-order valence-electron chi connectivity index (χ0n) is 20.1. The molecular weight excluding hydrogens is 422 g/mol. The van der Waals surface area contributed by atoms with Crippen LogP contribution in [0.4, 0.5) is 5.69 Å². The number of ketones is 1. The number of para-hydroxylation sites is 1. The van der Waals surface area contributed by atoms with Crippen LogP contribution in [-0.2, 0) is 26.2 Å². The summed E-state index contributed by atoms with van der Waals surface area (Å²) < 4.78 is 21.2. The molecule has 0 radical (unpaired) electrons. The van der Waals surface area contributed by atoms with Crippen LogP contribution >= 0.6 is 0 Å². The summed E-state index contributed by atoms with van der Waals surface area (Å²) in [5, 5.41) is 0. The summed E-state index contributed by atoms with van der Waals surface area (Å²) in [6.45, 7) is 3.87. The number of rotatable bonds is 9. The summed E-state index contributed by atoms with van der Waals surface area (Å²) in [4.78, 5) is 26.9. The molecule has 0 fully saturated rings. The molecule has 0 saturated carbocycles. The molecule has 0 aromatic heterocycles. The van der Waals surface area contributed by atoms with Crippen molar-refractivity contribution in [3.8, 4) is 17.2 Å². The van der Waals surface area contributed by atoms with Gasteiger partial charge in [0.1, 0.15) is 0 Å². The Morgan fingerprint density at radius 1 is 1.00 bits per heavy atom. The lowest BCUT2D eigenvalue weighted by atomic mass is 9.83. The minimum Gasteiger partial charge on any atom is -0.493 e. The van der Waals surface area contributed by atoms with Crippen molar-refractivity contribution in [2.45, 2.75) is 32.1 Å². The van der Waals surface area contributed by atoms with E-state index in [1.165, 1.54) is 21.3 Å². The highest BCUT2D eigenvalue weighted by atomic mass is 16.5. The van der Waals surface area contributed by atoms with Gasteiger partial charge in [0.15, 0.2) is 23.9 Å². The molecule has 0 unspecified atom stereocenters. The largest absolute Gasteiger partial charge is 0.493 e. The Kier molecular flexibility index (Phi) is 7.31. The highest BCUT2D eigenvalue weighted by Crippen LogP contribution is 2.46. The molecule has 2 aromatic carbocycles. The summed E-state index contributed by atoms with van der Waals surface area (Å²) >= 11 is 0. The van der Waals surface area contributed by atoms with Crippen LogP contribution in [0.2, 0.25) is 0 Å². The Morgan fingerprint density at radius 2 is 1.64 bits per heavy atom. The molecule has 33 heavy (non-hydrogen) atoms. The van der Waals surface area contributed by atoms with Crippen LogP contribution in [0.25, 0.3) is 0 Å². The number of allylic oxidation sites excluding steroid dienone is 1. The fourth-order valence-corrected chi connectivity index (χ4v) is 4.20. The molecule has 0 saturated heterocycles. The van der Waals surface area contributed by atoms with Gasteiger partial charge < -0.3 is 23.8 Å². The number of esters is 1. The molecule has 2 aromatic rings. The fourth-order valence-electron chi connectivity index (χ4n) is 4.20. The van der Waals surface area contributed by atoms with Crippen molar-refractivity contribution < 1.29 is 28.5 Å². The number of benzene rings is 2. The molecule has 3 rings (SSSR count). The molecule has 1 aliphatic rings. The highest BCUT2D eigenvalue weighted by molar-refractivity contribution is 5.94. The molecule has 1 heterocycles. The number of aryl methyl sites for hydroxylation is 1. The van der Waals surface area contributed by atoms with E-state index in [1.54, 1.807) is 18.2 Å². The van der Waals surface area contributed by atoms with Gasteiger partial charge in [-0.15, -0.1) is 0 Å². The standard InChI is InChI=1S/C26H31NO6/c1-26(2)19-9-7-8-10-20(19)27(3)23(26)15-18(28)16-33-24(29)12-11-17-13-21(30-4)25(32-6)22(14-17)31-5/h7-10,13-15H,11-12,16H2,1-6H3. The fraction of sp³-hybridized carbons (Fsp3) is 0.385. The summed E-state index contributed by atoms with van der Waals surface area (Å²) in [6, 6.07) is 11.7. The van der Waals surface area contributed by atoms with Gasteiger partial charge in [-0.3, -0.25) is 9.59 Å². The van der Waals surface area contributed by atoms with Crippen LogP contribution in [0.5, 0.6) is 17.2 Å². The van der Waals surface area contributed by atoms with E-state index in [0.717, 1.165) is 22.5 Å². The molecular formula is C26H31NO6. The zero-order chi connectivity index (χ0) is 24.2. The number of hydrogen-bond acceptors (Lipinski definition) is 7. The van der Waals surface area contributed by atoms with E-state index in [4.69, 9.17) is 18.9 Å². The van der Waals surface area contributed by atoms with E-state index >= 15 is 0 Å². The molecule has 1 aliphatic heterocycles. The molecule has 0 bridgehead atoms. The number of nitrogens with zero attached hydrogens (tertiary/aromatic N) is 1. The van der Waals surface area contributed by atoms with Crippen LogP contribution in [0.3, 0.4) is 0 Å². The first-order valence-corrected chi connectivity index (χ1v) is 10.8. The minimum absolute atomic E-state index is 0.124. The lowest BCUT2D eigenvalue weighted by molar-refractivity contribution is -0.146. The van der Waals surface area contributed by atoms with Crippen molar-refractivity contribution in [1.82, 2.24) is 0 Å². The maximum Gasteiger partial charge on any atom is 0.306 e. The number of fused-ring (bicyclic) bond motifs is 1. The van der Waals surface area contributed by atoms with E-state index in [2.05, 4.69) is 19.9 Å². The average molecular weight is 454 g/mol. The van der Waals surface area contributed by atoms with Gasteiger partial charge in [-0.1, -0.05) is 32.0 Å². The molecule has 7 heteroatoms. The van der Waals surface area contributed by atoms with Crippen LogP contribution in [0.1, 0.15) is 31.4 Å². The van der Waals surface area contributed by atoms with Crippen molar-refractivity contribution in [2.24, 2.45) is 0 Å². The molecule has 0 amide bonds. The number of likely N-dealkylation sites (N-methyl/N-ethyl adjacent to an activating group) is 1. The first-order valence-electron chi connectivity index (χ1n) is 10.8. The first-order chi connectivity index (χ1) is 15.7. The second-order valence-corrected chi connectivity index (χ2v) is 8.39. The number of ether oxygens (including phenoxy) is 4. The van der Waals surface area contributed by atoms with Crippen molar-refractivity contribution in [3.63, 3.8) is 0 Å². The highest BCUT2D eigenvalue weighted by Gasteiger charge is 2.38. The second kappa shape index (κ2) is 9.98. The topological polar surface area (TPSA) is 74.3 Å². The van der Waals surface area contributed by atoms with E-state index in [0.29, 0.717) is 23.7 Å². The third kappa shape index (κ3) is 4.97. The minimum atomic E-state index is -0.446. The number of carbonyl (C=O) groups excluding carboxylic acids is 2. The van der Waals surface area contributed by atoms with Gasteiger partial charge in [-0.2, -0.15) is 0 Å². The van der Waals surface area contributed by atoms with Crippen LogP contribution in [0.15, 0.2) is 48.2 Å². The van der Waals surface area contributed by atoms with Gasteiger partial charge in [0.25, 0.3) is 0 Å².